The summed E-state index contributed by atoms with van der Waals surface area (Å²) in [5.74, 6) is 0.172. The van der Waals surface area contributed by atoms with Gasteiger partial charge in [-0.25, -0.2) is 0 Å². The van der Waals surface area contributed by atoms with E-state index in [0.29, 0.717) is 5.88 Å². The molecule has 0 bridgehead atoms. The van der Waals surface area contributed by atoms with Gasteiger partial charge in [0.2, 0.25) is 0 Å². The summed E-state index contributed by atoms with van der Waals surface area (Å²) in [5.41, 5.74) is 1.24. The first-order chi connectivity index (χ1) is 8.22. The maximum atomic E-state index is 10.9. The van der Waals surface area contributed by atoms with Gasteiger partial charge in [-0.3, -0.25) is 4.79 Å². The molecule has 92 valence electrons. The monoisotopic (exact) mass is 252 g/mol. The van der Waals surface area contributed by atoms with E-state index in [1.807, 2.05) is 24.3 Å². The third-order valence-corrected chi connectivity index (χ3v) is 2.50. The standard InChI is InChI=1S/C14H17ClO2/c1-12(16)17-14(8-5-11-15)10-9-13-6-3-2-4-7-13/h2-8,14H,9-11H2,1H3/b8-5+. The van der Waals surface area contributed by atoms with Gasteiger partial charge in [0, 0.05) is 12.8 Å². The lowest BCUT2D eigenvalue weighted by atomic mass is 10.1. The van der Waals surface area contributed by atoms with Crippen LogP contribution in [0.2, 0.25) is 0 Å². The van der Waals surface area contributed by atoms with Crippen molar-refractivity contribution in [2.24, 2.45) is 0 Å². The number of aryl methyl sites for hydroxylation is 1. The van der Waals surface area contributed by atoms with Gasteiger partial charge < -0.3 is 4.74 Å². The molecule has 1 unspecified atom stereocenters. The summed E-state index contributed by atoms with van der Waals surface area (Å²) in [6.45, 7) is 1.42. The number of benzene rings is 1. The van der Waals surface area contributed by atoms with Gasteiger partial charge in [-0.2, -0.15) is 0 Å². The third-order valence-electron chi connectivity index (χ3n) is 2.32. The van der Waals surface area contributed by atoms with E-state index in [1.54, 1.807) is 6.08 Å². The average Bonchev–Trinajstić information content (AvgIpc) is 2.33. The molecule has 2 nitrogen and oxygen atoms in total. The molecule has 0 saturated carbocycles. The molecule has 0 spiro atoms. The van der Waals surface area contributed by atoms with E-state index in [0.717, 1.165) is 12.8 Å². The average molecular weight is 253 g/mol. The Morgan fingerprint density at radius 2 is 2.12 bits per heavy atom. The summed E-state index contributed by atoms with van der Waals surface area (Å²) < 4.78 is 5.19. The van der Waals surface area contributed by atoms with Crippen molar-refractivity contribution in [1.29, 1.82) is 0 Å². The molecule has 1 aromatic rings. The van der Waals surface area contributed by atoms with Crippen LogP contribution in [0.1, 0.15) is 18.9 Å². The predicted octanol–water partition coefficient (Wildman–Crippen LogP) is 3.35. The van der Waals surface area contributed by atoms with E-state index < -0.39 is 0 Å². The van der Waals surface area contributed by atoms with Crippen LogP contribution in [-0.4, -0.2) is 18.0 Å². The summed E-state index contributed by atoms with van der Waals surface area (Å²) in [5, 5.41) is 0. The first kappa shape index (κ1) is 13.8. The topological polar surface area (TPSA) is 26.3 Å². The van der Waals surface area contributed by atoms with Crippen molar-refractivity contribution in [3.05, 3.63) is 48.0 Å². The minimum atomic E-state index is -0.262. The smallest absolute Gasteiger partial charge is 0.303 e. The number of halogens is 1. The van der Waals surface area contributed by atoms with Gasteiger partial charge in [-0.05, 0) is 24.5 Å². The van der Waals surface area contributed by atoms with Crippen molar-refractivity contribution in [3.63, 3.8) is 0 Å². The number of carbonyl (C=O) groups is 1. The van der Waals surface area contributed by atoms with Gasteiger partial charge >= 0.3 is 5.97 Å². The van der Waals surface area contributed by atoms with Crippen LogP contribution in [0.5, 0.6) is 0 Å². The van der Waals surface area contributed by atoms with Gasteiger partial charge in [0.15, 0.2) is 0 Å². The fraction of sp³-hybridized carbons (Fsp3) is 0.357. The predicted molar refractivity (Wildman–Crippen MR) is 70.2 cm³/mol. The Morgan fingerprint density at radius 1 is 1.41 bits per heavy atom. The molecule has 17 heavy (non-hydrogen) atoms. The molecule has 1 atom stereocenters. The Hall–Kier alpha value is -1.28. The lowest BCUT2D eigenvalue weighted by molar-refractivity contribution is -0.144. The molecule has 0 heterocycles. The number of hydrogen-bond acceptors (Lipinski definition) is 2. The number of carbonyl (C=O) groups excluding carboxylic acids is 1. The minimum absolute atomic E-state index is 0.188. The molecule has 0 aliphatic heterocycles. The lowest BCUT2D eigenvalue weighted by Crippen LogP contribution is -2.14. The zero-order valence-electron chi connectivity index (χ0n) is 9.93. The van der Waals surface area contributed by atoms with Gasteiger partial charge in [0.25, 0.3) is 0 Å². The normalized spacial score (nSPS) is 12.6. The first-order valence-corrected chi connectivity index (χ1v) is 6.19. The fourth-order valence-corrected chi connectivity index (χ4v) is 1.67. The highest BCUT2D eigenvalue weighted by Crippen LogP contribution is 2.09. The largest absolute Gasteiger partial charge is 0.458 e. The van der Waals surface area contributed by atoms with Crippen molar-refractivity contribution in [2.75, 3.05) is 5.88 Å². The maximum Gasteiger partial charge on any atom is 0.303 e. The van der Waals surface area contributed by atoms with E-state index in [1.165, 1.54) is 12.5 Å². The van der Waals surface area contributed by atoms with Crippen LogP contribution < -0.4 is 0 Å². The quantitative estimate of drug-likeness (QED) is 0.441. The molecule has 1 aromatic carbocycles. The number of alkyl halides is 1. The molecule has 0 aliphatic rings. The summed E-state index contributed by atoms with van der Waals surface area (Å²) in [6.07, 6.45) is 5.12. The molecular formula is C14H17ClO2. The molecular weight excluding hydrogens is 236 g/mol. The van der Waals surface area contributed by atoms with Crippen LogP contribution in [0.4, 0.5) is 0 Å². The minimum Gasteiger partial charge on any atom is -0.458 e. The molecule has 0 N–H and O–H groups in total. The maximum absolute atomic E-state index is 10.9. The van der Waals surface area contributed by atoms with Crippen molar-refractivity contribution >= 4 is 17.6 Å². The van der Waals surface area contributed by atoms with Crippen LogP contribution in [0.3, 0.4) is 0 Å². The molecule has 0 fully saturated rings. The van der Waals surface area contributed by atoms with Crippen molar-refractivity contribution in [3.8, 4) is 0 Å². The second-order valence-corrected chi connectivity index (χ2v) is 4.06. The SMILES string of the molecule is CC(=O)OC(/C=C/CCl)CCc1ccccc1. The van der Waals surface area contributed by atoms with Crippen LogP contribution in [0, 0.1) is 0 Å². The molecule has 3 heteroatoms. The Balaban J connectivity index is 2.48. The van der Waals surface area contributed by atoms with Crippen LogP contribution in [-0.2, 0) is 16.0 Å². The molecule has 0 aliphatic carbocycles. The highest BCUT2D eigenvalue weighted by Gasteiger charge is 2.08. The Morgan fingerprint density at radius 3 is 2.71 bits per heavy atom. The van der Waals surface area contributed by atoms with Gasteiger partial charge in [0.1, 0.15) is 6.10 Å². The number of esters is 1. The van der Waals surface area contributed by atoms with Gasteiger partial charge in [0.05, 0.1) is 0 Å². The molecule has 0 saturated heterocycles. The number of hydrogen-bond donors (Lipinski definition) is 0. The van der Waals surface area contributed by atoms with E-state index in [-0.39, 0.29) is 12.1 Å². The number of allylic oxidation sites excluding steroid dienone is 1. The second-order valence-electron chi connectivity index (χ2n) is 3.75. The van der Waals surface area contributed by atoms with Crippen molar-refractivity contribution in [1.82, 2.24) is 0 Å². The lowest BCUT2D eigenvalue weighted by Gasteiger charge is -2.12. The summed E-state index contributed by atoms with van der Waals surface area (Å²) in [4.78, 5) is 10.9. The summed E-state index contributed by atoms with van der Waals surface area (Å²) in [6, 6.07) is 10.1. The summed E-state index contributed by atoms with van der Waals surface area (Å²) in [7, 11) is 0. The van der Waals surface area contributed by atoms with Gasteiger partial charge in [-0.1, -0.05) is 36.4 Å². The Kier molecular flexibility index (Phi) is 6.41. The highest BCUT2D eigenvalue weighted by atomic mass is 35.5. The van der Waals surface area contributed by atoms with E-state index in [9.17, 15) is 4.79 Å². The molecule has 1 rings (SSSR count). The van der Waals surface area contributed by atoms with E-state index in [2.05, 4.69) is 12.1 Å². The van der Waals surface area contributed by atoms with Crippen LogP contribution in [0.25, 0.3) is 0 Å². The van der Waals surface area contributed by atoms with E-state index >= 15 is 0 Å². The Bertz CT molecular complexity index is 360. The molecule has 0 amide bonds. The van der Waals surface area contributed by atoms with E-state index in [4.69, 9.17) is 16.3 Å². The Labute approximate surface area is 107 Å². The van der Waals surface area contributed by atoms with Gasteiger partial charge in [-0.15, -0.1) is 11.6 Å². The third kappa shape index (κ3) is 6.12. The number of ether oxygens (including phenoxy) is 1. The first-order valence-electron chi connectivity index (χ1n) is 5.66. The second kappa shape index (κ2) is 7.91. The fourth-order valence-electron chi connectivity index (χ4n) is 1.56. The molecule has 0 aromatic heterocycles. The number of rotatable bonds is 6. The van der Waals surface area contributed by atoms with Crippen molar-refractivity contribution < 1.29 is 9.53 Å². The zero-order chi connectivity index (χ0) is 12.5. The van der Waals surface area contributed by atoms with Crippen LogP contribution >= 0.6 is 11.6 Å². The van der Waals surface area contributed by atoms with Crippen LogP contribution in [0.15, 0.2) is 42.5 Å². The highest BCUT2D eigenvalue weighted by molar-refractivity contribution is 6.18. The zero-order valence-corrected chi connectivity index (χ0v) is 10.7. The summed E-state index contributed by atoms with van der Waals surface area (Å²) >= 11 is 5.57. The van der Waals surface area contributed by atoms with Crippen molar-refractivity contribution in [2.45, 2.75) is 25.9 Å². The molecule has 0 radical (unpaired) electrons.